The molecule has 524 valence electrons. The molecule has 0 saturated carbocycles. The molecular weight excluding hydrogens is 1170 g/mol. The Morgan fingerprint density at radius 2 is 0.769 bits per heavy atom. The topological polar surface area (TPSA) is 307 Å². The van der Waals surface area contributed by atoms with E-state index >= 15 is 0 Å². The van der Waals surface area contributed by atoms with Crippen LogP contribution in [0.4, 0.5) is 0 Å². The van der Waals surface area contributed by atoms with Crippen molar-refractivity contribution in [1.82, 2.24) is 5.32 Å². The number of aliphatic hydroxyl groups is 11. The highest BCUT2D eigenvalue weighted by atomic mass is 16.8. The van der Waals surface area contributed by atoms with E-state index in [1.165, 1.54) is 109 Å². The van der Waals surface area contributed by atoms with E-state index in [-0.39, 0.29) is 18.9 Å². The van der Waals surface area contributed by atoms with Gasteiger partial charge in [-0.15, -0.1) is 0 Å². The van der Waals surface area contributed by atoms with Crippen molar-refractivity contribution in [3.63, 3.8) is 0 Å². The Hall–Kier alpha value is -3.29. The summed E-state index contributed by atoms with van der Waals surface area (Å²) in [5, 5.41) is 120. The zero-order chi connectivity index (χ0) is 66.1. The van der Waals surface area contributed by atoms with Crippen LogP contribution in [0, 0.1) is 0 Å². The molecule has 19 heteroatoms. The van der Waals surface area contributed by atoms with Gasteiger partial charge in [-0.3, -0.25) is 4.79 Å². The molecule has 0 aromatic rings. The maximum absolute atomic E-state index is 13.4. The Morgan fingerprint density at radius 1 is 0.407 bits per heavy atom. The van der Waals surface area contributed by atoms with Crippen LogP contribution >= 0.6 is 0 Å². The van der Waals surface area contributed by atoms with Gasteiger partial charge in [0.05, 0.1) is 38.6 Å². The number of hydrogen-bond acceptors (Lipinski definition) is 18. The summed E-state index contributed by atoms with van der Waals surface area (Å²) in [6.45, 7) is 1.55. The lowest BCUT2D eigenvalue weighted by Gasteiger charge is -2.48. The average molecular weight is 1290 g/mol. The van der Waals surface area contributed by atoms with Crippen molar-refractivity contribution in [2.45, 2.75) is 324 Å². The largest absolute Gasteiger partial charge is 0.394 e. The molecule has 0 radical (unpaired) electrons. The predicted octanol–water partition coefficient (Wildman–Crippen LogP) is 9.27. The lowest BCUT2D eigenvalue weighted by molar-refractivity contribution is -0.379. The third-order valence-corrected chi connectivity index (χ3v) is 16.9. The molecule has 91 heavy (non-hydrogen) atoms. The van der Waals surface area contributed by atoms with Crippen molar-refractivity contribution in [1.29, 1.82) is 0 Å². The van der Waals surface area contributed by atoms with E-state index in [0.29, 0.717) is 12.8 Å². The summed E-state index contributed by atoms with van der Waals surface area (Å²) in [7, 11) is 0. The second-order valence-corrected chi connectivity index (χ2v) is 24.6. The van der Waals surface area contributed by atoms with Crippen molar-refractivity contribution < 1.29 is 89.4 Å². The molecule has 3 heterocycles. The average Bonchev–Trinajstić information content (AvgIpc) is 1.05. The maximum Gasteiger partial charge on any atom is 0.220 e. The van der Waals surface area contributed by atoms with E-state index in [1.54, 1.807) is 6.08 Å². The van der Waals surface area contributed by atoms with Crippen molar-refractivity contribution in [3.8, 4) is 0 Å². The van der Waals surface area contributed by atoms with Crippen LogP contribution in [0.15, 0.2) is 97.2 Å². The highest BCUT2D eigenvalue weighted by Crippen LogP contribution is 2.33. The number of ether oxygens (including phenoxy) is 6. The molecule has 17 atom stereocenters. The van der Waals surface area contributed by atoms with Gasteiger partial charge in [-0.2, -0.15) is 0 Å². The molecule has 3 aliphatic heterocycles. The summed E-state index contributed by atoms with van der Waals surface area (Å²) in [6.07, 6.45) is 42.7. The molecule has 0 aromatic carbocycles. The lowest BCUT2D eigenvalue weighted by atomic mass is 9.96. The van der Waals surface area contributed by atoms with Gasteiger partial charge >= 0.3 is 0 Å². The number of unbranched alkanes of at least 4 members (excludes halogenated alkanes) is 22. The van der Waals surface area contributed by atoms with Gasteiger partial charge in [0.25, 0.3) is 0 Å². The summed E-state index contributed by atoms with van der Waals surface area (Å²) >= 11 is 0. The molecule has 0 spiro atoms. The number of nitrogens with one attached hydrogen (secondary N) is 1. The quantitative estimate of drug-likeness (QED) is 0.0199. The van der Waals surface area contributed by atoms with Crippen LogP contribution < -0.4 is 5.32 Å². The van der Waals surface area contributed by atoms with Crippen molar-refractivity contribution in [2.75, 3.05) is 26.4 Å². The summed E-state index contributed by atoms with van der Waals surface area (Å²) in [6, 6.07) is -0.993. The third-order valence-electron chi connectivity index (χ3n) is 16.9. The normalized spacial score (nSPS) is 28.5. The van der Waals surface area contributed by atoms with Gasteiger partial charge in [0.1, 0.15) is 73.2 Å². The first-order valence-electron chi connectivity index (χ1n) is 35.0. The molecule has 17 unspecified atom stereocenters. The second-order valence-electron chi connectivity index (χ2n) is 24.6. The Morgan fingerprint density at radius 3 is 1.23 bits per heavy atom. The van der Waals surface area contributed by atoms with E-state index < -0.39 is 124 Å². The second kappa shape index (κ2) is 52.9. The molecule has 0 aromatic heterocycles. The number of amides is 1. The summed E-state index contributed by atoms with van der Waals surface area (Å²) in [4.78, 5) is 13.4. The molecule has 0 bridgehead atoms. The minimum Gasteiger partial charge on any atom is -0.394 e. The van der Waals surface area contributed by atoms with Crippen LogP contribution in [0.3, 0.4) is 0 Å². The van der Waals surface area contributed by atoms with Crippen LogP contribution in [0.2, 0.25) is 0 Å². The summed E-state index contributed by atoms with van der Waals surface area (Å²) in [5.74, 6) is -0.290. The Bertz CT molecular complexity index is 2030. The zero-order valence-corrected chi connectivity index (χ0v) is 55.3. The number of carbonyl (C=O) groups excluding carboxylic acids is 1. The molecule has 1 amide bonds. The van der Waals surface area contributed by atoms with E-state index in [0.717, 1.165) is 77.0 Å². The fourth-order valence-electron chi connectivity index (χ4n) is 11.2. The molecule has 19 nitrogen and oxygen atoms in total. The van der Waals surface area contributed by atoms with Gasteiger partial charge in [-0.25, -0.2) is 0 Å². The van der Waals surface area contributed by atoms with Crippen LogP contribution in [0.25, 0.3) is 0 Å². The molecule has 12 N–H and O–H groups in total. The first kappa shape index (κ1) is 81.9. The SMILES string of the molecule is CC/C=C\C/C=C\C/C=C\C/C=C\C/C=C\C/C=C\CCCCCCCCCCCCCCCCCCC(=O)NC(COC1OC(CO)C(OC2OC(CO)C(OC3OC(CO)C(O)C(O)C3O)C(O)C2O)C(O)C1O)C(O)/C=C/CC/C=C/CCCCCCC. The number of rotatable bonds is 52. The fourth-order valence-corrected chi connectivity index (χ4v) is 11.2. The number of hydrogen-bond donors (Lipinski definition) is 12. The van der Waals surface area contributed by atoms with Gasteiger partial charge in [0.2, 0.25) is 5.91 Å². The van der Waals surface area contributed by atoms with Gasteiger partial charge in [0, 0.05) is 6.42 Å². The van der Waals surface area contributed by atoms with Gasteiger partial charge in [-0.1, -0.05) is 227 Å². The van der Waals surface area contributed by atoms with E-state index in [2.05, 4.69) is 104 Å². The Balaban J connectivity index is 1.34. The van der Waals surface area contributed by atoms with Crippen LogP contribution in [0.1, 0.15) is 219 Å². The minimum atomic E-state index is -1.98. The first-order chi connectivity index (χ1) is 44.3. The van der Waals surface area contributed by atoms with Crippen molar-refractivity contribution in [3.05, 3.63) is 97.2 Å². The summed E-state index contributed by atoms with van der Waals surface area (Å²) < 4.78 is 34.3. The molecule has 3 saturated heterocycles. The highest BCUT2D eigenvalue weighted by Gasteiger charge is 2.53. The maximum atomic E-state index is 13.4. The van der Waals surface area contributed by atoms with E-state index in [1.807, 2.05) is 6.08 Å². The van der Waals surface area contributed by atoms with Crippen LogP contribution in [-0.2, 0) is 33.2 Å². The van der Waals surface area contributed by atoms with Crippen LogP contribution in [-0.4, -0.2) is 193 Å². The standard InChI is InChI=1S/C72H123NO18/c1-3-5-7-9-11-13-15-16-17-18-19-20-21-22-23-24-25-26-27-28-29-30-31-32-33-34-35-36-37-38-40-42-44-46-48-50-60(78)73-55(56(77)49-47-45-43-41-39-14-12-10-8-6-4-2)54-86-70-66(84)63(81)68(58(52-75)88-70)91-72-67(85)64(82)69(59(53-76)89-72)90-71-65(83)62(80)61(79)57(51-74)87-71/h5,7,11,13,16-17,19-20,22-23,25-26,39,41,47,49,55-59,61-72,74-77,79-85H,3-4,6,8-10,12,14-15,18,21,24,27-38,40,42-46,48,50-54H2,1-2H3,(H,73,78)/b7-5-,13-11-,17-16-,20-19-,23-22-,26-25-,41-39+,49-47+. The van der Waals surface area contributed by atoms with Gasteiger partial charge in [0.15, 0.2) is 18.9 Å². The fraction of sp³-hybridized carbons (Fsp3) is 0.764. The number of carbonyl (C=O) groups is 1. The monoisotopic (exact) mass is 1290 g/mol. The predicted molar refractivity (Wildman–Crippen MR) is 355 cm³/mol. The van der Waals surface area contributed by atoms with Crippen molar-refractivity contribution in [2.24, 2.45) is 0 Å². The number of aliphatic hydroxyl groups excluding tert-OH is 11. The Labute approximate surface area is 545 Å². The van der Waals surface area contributed by atoms with E-state index in [4.69, 9.17) is 28.4 Å². The molecule has 0 aliphatic carbocycles. The van der Waals surface area contributed by atoms with Gasteiger partial charge < -0.3 is 89.9 Å². The Kier molecular flexibility index (Phi) is 47.7. The first-order valence-corrected chi connectivity index (χ1v) is 35.0. The lowest BCUT2D eigenvalue weighted by Crippen LogP contribution is -2.66. The molecule has 3 fully saturated rings. The third kappa shape index (κ3) is 34.8. The smallest absolute Gasteiger partial charge is 0.220 e. The summed E-state index contributed by atoms with van der Waals surface area (Å²) in [5.41, 5.74) is 0. The van der Waals surface area contributed by atoms with Crippen molar-refractivity contribution >= 4 is 5.91 Å². The van der Waals surface area contributed by atoms with E-state index in [9.17, 15) is 61.0 Å². The van der Waals surface area contributed by atoms with Gasteiger partial charge in [-0.05, 0) is 83.5 Å². The highest BCUT2D eigenvalue weighted by molar-refractivity contribution is 5.76. The van der Waals surface area contributed by atoms with Crippen LogP contribution in [0.5, 0.6) is 0 Å². The minimum absolute atomic E-state index is 0.231. The zero-order valence-electron chi connectivity index (χ0n) is 55.3. The number of allylic oxidation sites excluding steroid dienone is 15. The molecule has 3 rings (SSSR count). The molecular formula is C72H123NO18. The molecule has 3 aliphatic rings.